The highest BCUT2D eigenvalue weighted by atomic mass is 79.9. The van der Waals surface area contributed by atoms with Crippen molar-refractivity contribution in [2.75, 3.05) is 7.05 Å². The van der Waals surface area contributed by atoms with Crippen molar-refractivity contribution in [1.29, 1.82) is 0 Å². The minimum Gasteiger partial charge on any atom is -0.744 e. The maximum absolute atomic E-state index is 11.4. The molecule has 0 N–H and O–H groups in total. The summed E-state index contributed by atoms with van der Waals surface area (Å²) in [4.78, 5) is 4.16. The first-order valence-corrected chi connectivity index (χ1v) is 11.2. The third kappa shape index (κ3) is 4.63. The van der Waals surface area contributed by atoms with Crippen LogP contribution < -0.4 is 0 Å². The molecule has 0 saturated carbocycles. The van der Waals surface area contributed by atoms with Gasteiger partial charge in [0.25, 0.3) is 0 Å². The van der Waals surface area contributed by atoms with E-state index in [1.807, 2.05) is 74.0 Å². The van der Waals surface area contributed by atoms with Gasteiger partial charge in [-0.25, -0.2) is 8.42 Å². The average Bonchev–Trinajstić information content (AvgIpc) is 2.86. The highest BCUT2D eigenvalue weighted by Crippen LogP contribution is 2.40. The number of aliphatic imine (C=N–C) groups is 1. The molecule has 5 nitrogen and oxygen atoms in total. The molecular formula is C22H21BrN2O3S. The van der Waals surface area contributed by atoms with E-state index in [1.54, 1.807) is 12.3 Å². The fraction of sp³-hybridized carbons (Fsp3) is 0.182. The quantitative estimate of drug-likeness (QED) is 0.270. The normalized spacial score (nSPS) is 16.8. The van der Waals surface area contributed by atoms with Crippen LogP contribution in [0.3, 0.4) is 0 Å². The van der Waals surface area contributed by atoms with E-state index in [0.717, 1.165) is 27.1 Å². The molecule has 29 heavy (non-hydrogen) atoms. The Morgan fingerprint density at radius 3 is 2.52 bits per heavy atom. The zero-order valence-corrected chi connectivity index (χ0v) is 18.7. The van der Waals surface area contributed by atoms with Gasteiger partial charge in [0.1, 0.15) is 17.2 Å². The van der Waals surface area contributed by atoms with Gasteiger partial charge in [-0.05, 0) is 50.3 Å². The standard InChI is InChI=1S/C22H21BrN2O3S/c1-22(2)19-15-18(29(26,27)28)10-11-20(19)25(3)21(22)12-9-16(23)13-14-24-17-7-5-4-6-8-17/h4-15H,1-3H3/b12-9+,16-13-,24-14+. The van der Waals surface area contributed by atoms with E-state index in [4.69, 9.17) is 0 Å². The molecule has 0 unspecified atom stereocenters. The minimum absolute atomic E-state index is 0.207. The van der Waals surface area contributed by atoms with Gasteiger partial charge in [0, 0.05) is 28.4 Å². The summed E-state index contributed by atoms with van der Waals surface area (Å²) in [7, 11) is -2.57. The van der Waals surface area contributed by atoms with Gasteiger partial charge in [0.2, 0.25) is 5.69 Å². The molecule has 1 aliphatic heterocycles. The number of rotatable bonds is 5. The zero-order valence-electron chi connectivity index (χ0n) is 16.3. The first-order valence-electron chi connectivity index (χ1n) is 8.95. The second-order valence-electron chi connectivity index (χ2n) is 7.20. The van der Waals surface area contributed by atoms with Crippen LogP contribution in [0.4, 0.5) is 11.4 Å². The molecule has 2 aromatic carbocycles. The summed E-state index contributed by atoms with van der Waals surface area (Å²) in [6.07, 6.45) is 7.46. The Balaban J connectivity index is 1.86. The molecule has 0 fully saturated rings. The van der Waals surface area contributed by atoms with E-state index in [0.29, 0.717) is 0 Å². The maximum Gasteiger partial charge on any atom is 0.209 e. The van der Waals surface area contributed by atoms with E-state index in [-0.39, 0.29) is 4.90 Å². The van der Waals surface area contributed by atoms with Crippen LogP contribution in [0.25, 0.3) is 0 Å². The molecule has 2 aromatic rings. The summed E-state index contributed by atoms with van der Waals surface area (Å²) in [6.45, 7) is 4.01. The van der Waals surface area contributed by atoms with E-state index < -0.39 is 15.5 Å². The zero-order chi connectivity index (χ0) is 21.2. The Labute approximate surface area is 179 Å². The van der Waals surface area contributed by atoms with Crippen molar-refractivity contribution in [2.24, 2.45) is 4.99 Å². The molecule has 0 aliphatic carbocycles. The second-order valence-corrected chi connectivity index (χ2v) is 9.50. The third-order valence-corrected chi connectivity index (χ3v) is 6.27. The maximum atomic E-state index is 11.4. The molecule has 7 heteroatoms. The van der Waals surface area contributed by atoms with Gasteiger partial charge in [-0.1, -0.05) is 34.1 Å². The van der Waals surface area contributed by atoms with Gasteiger partial charge in [0.05, 0.1) is 16.0 Å². The lowest BCUT2D eigenvalue weighted by molar-refractivity contribution is -0.401. The lowest BCUT2D eigenvalue weighted by Crippen LogP contribution is -2.26. The van der Waals surface area contributed by atoms with Gasteiger partial charge in [-0.2, -0.15) is 4.58 Å². The predicted molar refractivity (Wildman–Crippen MR) is 119 cm³/mol. The molecular weight excluding hydrogens is 452 g/mol. The monoisotopic (exact) mass is 472 g/mol. The largest absolute Gasteiger partial charge is 0.744 e. The number of benzene rings is 2. The van der Waals surface area contributed by atoms with Gasteiger partial charge in [-0.15, -0.1) is 0 Å². The van der Waals surface area contributed by atoms with Crippen molar-refractivity contribution in [3.05, 3.63) is 76.8 Å². The third-order valence-electron chi connectivity index (χ3n) is 4.91. The van der Waals surface area contributed by atoms with Crippen molar-refractivity contribution in [1.82, 2.24) is 0 Å². The van der Waals surface area contributed by atoms with Crippen LogP contribution >= 0.6 is 15.9 Å². The van der Waals surface area contributed by atoms with Gasteiger partial charge in [-0.3, -0.25) is 4.99 Å². The Bertz CT molecular complexity index is 1160. The highest BCUT2D eigenvalue weighted by molar-refractivity contribution is 9.11. The molecule has 0 saturated heterocycles. The first kappa shape index (κ1) is 21.4. The predicted octanol–water partition coefficient (Wildman–Crippen LogP) is 4.83. The Kier molecular flexibility index (Phi) is 6.03. The summed E-state index contributed by atoms with van der Waals surface area (Å²) < 4.78 is 37.1. The van der Waals surface area contributed by atoms with Crippen molar-refractivity contribution in [3.63, 3.8) is 0 Å². The number of allylic oxidation sites excluding steroid dienone is 4. The van der Waals surface area contributed by atoms with Gasteiger partial charge >= 0.3 is 0 Å². The fourth-order valence-corrected chi connectivity index (χ4v) is 4.14. The first-order chi connectivity index (χ1) is 13.6. The number of para-hydroxylation sites is 1. The molecule has 0 radical (unpaired) electrons. The summed E-state index contributed by atoms with van der Waals surface area (Å²) in [5.74, 6) is 0. The van der Waals surface area contributed by atoms with Crippen LogP contribution in [0, 0.1) is 0 Å². The molecule has 0 atom stereocenters. The number of nitrogens with zero attached hydrogens (tertiary/aromatic N) is 2. The Hall–Kier alpha value is -2.35. The SMILES string of the molecule is C[N+]1=C(/C=C/C(Br)=C/C=N/c2ccccc2)C(C)(C)c2cc(S(=O)(=O)[O-])ccc21. The summed E-state index contributed by atoms with van der Waals surface area (Å²) in [5, 5.41) is 0. The van der Waals surface area contributed by atoms with Crippen LogP contribution in [0.15, 0.2) is 81.1 Å². The van der Waals surface area contributed by atoms with Crippen LogP contribution in [-0.2, 0) is 15.5 Å². The number of hydrogen-bond acceptors (Lipinski definition) is 4. The van der Waals surface area contributed by atoms with Crippen LogP contribution in [0.1, 0.15) is 19.4 Å². The molecule has 1 heterocycles. The highest BCUT2D eigenvalue weighted by Gasteiger charge is 2.43. The molecule has 0 aromatic heterocycles. The summed E-state index contributed by atoms with van der Waals surface area (Å²) in [6, 6.07) is 14.2. The molecule has 1 aliphatic rings. The molecule has 150 valence electrons. The van der Waals surface area contributed by atoms with Crippen molar-refractivity contribution < 1.29 is 17.5 Å². The molecule has 0 bridgehead atoms. The molecule has 0 spiro atoms. The Morgan fingerprint density at radius 2 is 1.86 bits per heavy atom. The lowest BCUT2D eigenvalue weighted by atomic mass is 9.81. The van der Waals surface area contributed by atoms with Crippen LogP contribution in [0.5, 0.6) is 0 Å². The van der Waals surface area contributed by atoms with E-state index in [1.165, 1.54) is 12.1 Å². The average molecular weight is 473 g/mol. The summed E-state index contributed by atoms with van der Waals surface area (Å²) in [5.41, 5.74) is 3.10. The lowest BCUT2D eigenvalue weighted by Gasteiger charge is -2.17. The van der Waals surface area contributed by atoms with Crippen molar-refractivity contribution in [3.8, 4) is 0 Å². The molecule has 0 amide bonds. The fourth-order valence-electron chi connectivity index (χ4n) is 3.39. The van der Waals surface area contributed by atoms with Crippen LogP contribution in [-0.4, -0.2) is 36.5 Å². The van der Waals surface area contributed by atoms with Gasteiger partial charge in [0.15, 0.2) is 5.71 Å². The number of hydrogen-bond donors (Lipinski definition) is 0. The smallest absolute Gasteiger partial charge is 0.209 e. The molecule has 3 rings (SSSR count). The van der Waals surface area contributed by atoms with Crippen molar-refractivity contribution >= 4 is 49.3 Å². The van der Waals surface area contributed by atoms with E-state index in [9.17, 15) is 13.0 Å². The topological polar surface area (TPSA) is 72.6 Å². The minimum atomic E-state index is -4.50. The van der Waals surface area contributed by atoms with Crippen LogP contribution in [0.2, 0.25) is 0 Å². The second kappa shape index (κ2) is 8.18. The number of fused-ring (bicyclic) bond motifs is 1. The van der Waals surface area contributed by atoms with Crippen molar-refractivity contribution in [2.45, 2.75) is 24.2 Å². The Morgan fingerprint density at radius 1 is 1.17 bits per heavy atom. The van der Waals surface area contributed by atoms with Gasteiger partial charge < -0.3 is 4.55 Å². The van der Waals surface area contributed by atoms with E-state index in [2.05, 4.69) is 20.9 Å². The van der Waals surface area contributed by atoms with E-state index >= 15 is 0 Å². The number of halogens is 1. The summed E-state index contributed by atoms with van der Waals surface area (Å²) >= 11 is 3.52.